The van der Waals surface area contributed by atoms with Crippen LogP contribution in [0.2, 0.25) is 0 Å². The molecule has 1 aromatic rings. The first-order valence-electron chi connectivity index (χ1n) is 3.99. The van der Waals surface area contributed by atoms with Gasteiger partial charge in [0.05, 0.1) is 0 Å². The number of rotatable bonds is 1. The summed E-state index contributed by atoms with van der Waals surface area (Å²) in [5.41, 5.74) is 4.18. The van der Waals surface area contributed by atoms with Crippen LogP contribution in [-0.4, -0.2) is 0 Å². The molecule has 0 heterocycles. The molecular weight excluding hydrogens is 132 g/mol. The lowest BCUT2D eigenvalue weighted by atomic mass is 9.95. The lowest BCUT2D eigenvalue weighted by molar-refractivity contribution is 1.11. The van der Waals surface area contributed by atoms with E-state index in [0.717, 1.165) is 0 Å². The Labute approximate surface area is 69.3 Å². The fourth-order valence-electron chi connectivity index (χ4n) is 1.29. The Hall–Kier alpha value is -0.780. The Morgan fingerprint density at radius 3 is 2.18 bits per heavy atom. The highest BCUT2D eigenvalue weighted by Crippen LogP contribution is 2.19. The summed E-state index contributed by atoms with van der Waals surface area (Å²) in [7, 11) is 0. The van der Waals surface area contributed by atoms with Gasteiger partial charge < -0.3 is 0 Å². The highest BCUT2D eigenvalue weighted by Gasteiger charge is 2.03. The minimum atomic E-state index is 1.38. The molecule has 0 fully saturated rings. The molecule has 0 aromatic heterocycles. The Bertz CT molecular complexity index is 246. The first kappa shape index (κ1) is 8.32. The summed E-state index contributed by atoms with van der Waals surface area (Å²) < 4.78 is 0. The molecule has 1 rings (SSSR count). The van der Waals surface area contributed by atoms with Gasteiger partial charge in [-0.05, 0) is 36.5 Å². The fraction of sp³-hybridized carbons (Fsp3) is 0.364. The van der Waals surface area contributed by atoms with Crippen molar-refractivity contribution in [2.24, 2.45) is 0 Å². The third kappa shape index (κ3) is 1.62. The molecule has 0 saturated carbocycles. The molecule has 0 spiro atoms. The van der Waals surface area contributed by atoms with Crippen LogP contribution in [0.3, 0.4) is 0 Å². The summed E-state index contributed by atoms with van der Waals surface area (Å²) in [4.78, 5) is 0. The first-order valence-corrected chi connectivity index (χ1v) is 3.99. The molecule has 0 amide bonds. The number of hydrogen-bond donors (Lipinski definition) is 0. The number of aryl methyl sites for hydroxylation is 1. The lowest BCUT2D eigenvalue weighted by Crippen LogP contribution is -1.94. The third-order valence-electron chi connectivity index (χ3n) is 2.14. The van der Waals surface area contributed by atoms with Crippen molar-refractivity contribution in [2.45, 2.75) is 27.7 Å². The average Bonchev–Trinajstić information content (AvgIpc) is 1.94. The van der Waals surface area contributed by atoms with Crippen LogP contribution in [0.25, 0.3) is 0 Å². The van der Waals surface area contributed by atoms with Crippen molar-refractivity contribution in [1.82, 2.24) is 0 Å². The molecule has 0 heteroatoms. The number of hydrogen-bond acceptors (Lipinski definition) is 0. The maximum Gasteiger partial charge on any atom is -0.000923 e. The zero-order valence-electron chi connectivity index (χ0n) is 7.73. The van der Waals surface area contributed by atoms with Gasteiger partial charge in [0, 0.05) is 0 Å². The van der Waals surface area contributed by atoms with Gasteiger partial charge in [-0.1, -0.05) is 32.0 Å². The molecule has 0 bridgehead atoms. The summed E-state index contributed by atoms with van der Waals surface area (Å²) in [5, 5.41) is 0. The van der Waals surface area contributed by atoms with Gasteiger partial charge in [-0.3, -0.25) is 0 Å². The SMILES string of the molecule is C[C](C)c1cccc(C)c1C. The lowest BCUT2D eigenvalue weighted by Gasteiger charge is -2.10. The highest BCUT2D eigenvalue weighted by atomic mass is 14.1. The quantitative estimate of drug-likeness (QED) is 0.572. The van der Waals surface area contributed by atoms with Gasteiger partial charge in [-0.2, -0.15) is 0 Å². The van der Waals surface area contributed by atoms with Crippen LogP contribution in [0, 0.1) is 19.8 Å². The first-order chi connectivity index (χ1) is 5.13. The average molecular weight is 147 g/mol. The van der Waals surface area contributed by atoms with Crippen molar-refractivity contribution < 1.29 is 0 Å². The molecule has 11 heavy (non-hydrogen) atoms. The van der Waals surface area contributed by atoms with Gasteiger partial charge in [0.2, 0.25) is 0 Å². The van der Waals surface area contributed by atoms with Crippen LogP contribution in [0.4, 0.5) is 0 Å². The van der Waals surface area contributed by atoms with E-state index in [1.807, 2.05) is 0 Å². The Morgan fingerprint density at radius 1 is 1.09 bits per heavy atom. The van der Waals surface area contributed by atoms with Gasteiger partial charge in [0.1, 0.15) is 0 Å². The molecular formula is C11H15. The minimum absolute atomic E-state index is 1.38. The summed E-state index contributed by atoms with van der Waals surface area (Å²) >= 11 is 0. The van der Waals surface area contributed by atoms with E-state index in [1.165, 1.54) is 22.6 Å². The maximum absolute atomic E-state index is 2.18. The smallest absolute Gasteiger partial charge is 0.000923 e. The second-order valence-corrected chi connectivity index (χ2v) is 3.25. The molecule has 59 valence electrons. The summed E-state index contributed by atoms with van der Waals surface area (Å²) in [6.45, 7) is 8.64. The Morgan fingerprint density at radius 2 is 1.73 bits per heavy atom. The molecule has 1 radical (unpaired) electrons. The Balaban J connectivity index is 3.17. The molecule has 1 aromatic carbocycles. The third-order valence-corrected chi connectivity index (χ3v) is 2.14. The molecule has 0 aliphatic carbocycles. The molecule has 0 nitrogen and oxygen atoms in total. The molecule has 0 N–H and O–H groups in total. The predicted octanol–water partition coefficient (Wildman–Crippen LogP) is 3.27. The van der Waals surface area contributed by atoms with Crippen LogP contribution in [0.15, 0.2) is 18.2 Å². The van der Waals surface area contributed by atoms with Crippen molar-refractivity contribution in [2.75, 3.05) is 0 Å². The van der Waals surface area contributed by atoms with E-state index in [0.29, 0.717) is 0 Å². The fourth-order valence-corrected chi connectivity index (χ4v) is 1.29. The van der Waals surface area contributed by atoms with Gasteiger partial charge in [-0.25, -0.2) is 0 Å². The van der Waals surface area contributed by atoms with Crippen LogP contribution in [0.1, 0.15) is 30.5 Å². The van der Waals surface area contributed by atoms with E-state index < -0.39 is 0 Å². The van der Waals surface area contributed by atoms with E-state index in [1.54, 1.807) is 0 Å². The summed E-state index contributed by atoms with van der Waals surface area (Å²) in [6, 6.07) is 6.45. The van der Waals surface area contributed by atoms with Crippen LogP contribution in [-0.2, 0) is 0 Å². The standard InChI is InChI=1S/C11H15/c1-8(2)11-7-5-6-9(3)10(11)4/h5-7H,1-4H3. The van der Waals surface area contributed by atoms with Crippen LogP contribution in [0.5, 0.6) is 0 Å². The van der Waals surface area contributed by atoms with Crippen molar-refractivity contribution in [3.05, 3.63) is 40.8 Å². The van der Waals surface area contributed by atoms with Gasteiger partial charge >= 0.3 is 0 Å². The largest absolute Gasteiger partial charge is 0.0617 e. The second-order valence-electron chi connectivity index (χ2n) is 3.25. The maximum atomic E-state index is 2.18. The summed E-state index contributed by atoms with van der Waals surface area (Å²) in [6.07, 6.45) is 0. The summed E-state index contributed by atoms with van der Waals surface area (Å²) in [5.74, 6) is 1.39. The normalized spacial score (nSPS) is 10.6. The van der Waals surface area contributed by atoms with Gasteiger partial charge in [-0.15, -0.1) is 0 Å². The molecule has 0 unspecified atom stereocenters. The van der Waals surface area contributed by atoms with Crippen molar-refractivity contribution in [1.29, 1.82) is 0 Å². The zero-order valence-corrected chi connectivity index (χ0v) is 7.73. The topological polar surface area (TPSA) is 0 Å². The van der Waals surface area contributed by atoms with E-state index in [-0.39, 0.29) is 0 Å². The minimum Gasteiger partial charge on any atom is -0.0617 e. The van der Waals surface area contributed by atoms with E-state index in [2.05, 4.69) is 45.9 Å². The van der Waals surface area contributed by atoms with Crippen molar-refractivity contribution >= 4 is 0 Å². The highest BCUT2D eigenvalue weighted by molar-refractivity contribution is 5.40. The monoisotopic (exact) mass is 147 g/mol. The Kier molecular flexibility index (Phi) is 2.33. The van der Waals surface area contributed by atoms with Crippen LogP contribution < -0.4 is 0 Å². The van der Waals surface area contributed by atoms with Gasteiger partial charge in [0.25, 0.3) is 0 Å². The van der Waals surface area contributed by atoms with Crippen molar-refractivity contribution in [3.8, 4) is 0 Å². The second kappa shape index (κ2) is 3.08. The predicted molar refractivity (Wildman–Crippen MR) is 49.6 cm³/mol. The molecule has 0 aliphatic rings. The van der Waals surface area contributed by atoms with E-state index in [9.17, 15) is 0 Å². The molecule has 0 atom stereocenters. The van der Waals surface area contributed by atoms with Crippen molar-refractivity contribution in [3.63, 3.8) is 0 Å². The van der Waals surface area contributed by atoms with Crippen LogP contribution >= 0.6 is 0 Å². The van der Waals surface area contributed by atoms with Gasteiger partial charge in [0.15, 0.2) is 0 Å². The number of benzene rings is 1. The van der Waals surface area contributed by atoms with E-state index >= 15 is 0 Å². The van der Waals surface area contributed by atoms with E-state index in [4.69, 9.17) is 0 Å². The molecule has 0 saturated heterocycles. The molecule has 0 aliphatic heterocycles. The zero-order chi connectivity index (χ0) is 8.43.